The van der Waals surface area contributed by atoms with Crippen molar-refractivity contribution >= 4 is 5.91 Å². The van der Waals surface area contributed by atoms with Gasteiger partial charge in [-0.2, -0.15) is 18.3 Å². The number of piperidine rings is 1. The summed E-state index contributed by atoms with van der Waals surface area (Å²) in [4.78, 5) is 14.6. The van der Waals surface area contributed by atoms with Gasteiger partial charge in [0.15, 0.2) is 5.69 Å². The Morgan fingerprint density at radius 2 is 1.85 bits per heavy atom. The van der Waals surface area contributed by atoms with Gasteiger partial charge in [0.25, 0.3) is 5.91 Å². The number of hydrogen-bond acceptors (Lipinski definition) is 3. The summed E-state index contributed by atoms with van der Waals surface area (Å²) < 4.78 is 39.0. The van der Waals surface area contributed by atoms with E-state index >= 15 is 0 Å². The van der Waals surface area contributed by atoms with E-state index in [1.807, 2.05) is 0 Å². The molecule has 1 aromatic heterocycles. The highest BCUT2D eigenvalue weighted by molar-refractivity contribution is 5.94. The number of carbonyl (C=O) groups excluding carboxylic acids is 1. The highest BCUT2D eigenvalue weighted by Gasteiger charge is 2.33. The van der Waals surface area contributed by atoms with Crippen LogP contribution < -0.4 is 5.32 Å². The lowest BCUT2D eigenvalue weighted by molar-refractivity contribution is -0.141. The van der Waals surface area contributed by atoms with Crippen LogP contribution in [0, 0.1) is 5.92 Å². The third kappa shape index (κ3) is 5.09. The Kier molecular flexibility index (Phi) is 5.84. The van der Waals surface area contributed by atoms with Crippen molar-refractivity contribution in [3.63, 3.8) is 0 Å². The minimum absolute atomic E-state index is 0.191. The monoisotopic (exact) mass is 380 g/mol. The Morgan fingerprint density at radius 3 is 2.44 bits per heavy atom. The first-order chi connectivity index (χ1) is 12.8. The topological polar surface area (TPSA) is 50.2 Å². The second kappa shape index (κ2) is 8.12. The molecule has 0 radical (unpaired) electrons. The van der Waals surface area contributed by atoms with Gasteiger partial charge in [0.2, 0.25) is 0 Å². The zero-order valence-corrected chi connectivity index (χ0v) is 15.2. The lowest BCUT2D eigenvalue weighted by atomic mass is 9.99. The number of amides is 1. The summed E-state index contributed by atoms with van der Waals surface area (Å²) in [7, 11) is 0. The molecule has 0 aliphatic carbocycles. The number of likely N-dealkylation sites (tertiary alicyclic amines) is 1. The van der Waals surface area contributed by atoms with E-state index in [-0.39, 0.29) is 5.91 Å². The van der Waals surface area contributed by atoms with E-state index in [0.29, 0.717) is 17.8 Å². The molecule has 0 saturated carbocycles. The van der Waals surface area contributed by atoms with Gasteiger partial charge in [0, 0.05) is 24.8 Å². The fourth-order valence-electron chi connectivity index (χ4n) is 3.10. The first-order valence-corrected chi connectivity index (χ1v) is 9.07. The van der Waals surface area contributed by atoms with Crippen LogP contribution in [0.3, 0.4) is 0 Å². The Bertz CT molecular complexity index is 762. The molecule has 0 bridgehead atoms. The summed E-state index contributed by atoms with van der Waals surface area (Å²) in [5, 5.41) is 6.41. The Morgan fingerprint density at radius 1 is 1.19 bits per heavy atom. The molecule has 1 fully saturated rings. The van der Waals surface area contributed by atoms with Gasteiger partial charge in [0.05, 0.1) is 5.69 Å². The fraction of sp³-hybridized carbons (Fsp3) is 0.474. The second-order valence-corrected chi connectivity index (χ2v) is 6.97. The van der Waals surface area contributed by atoms with E-state index in [0.717, 1.165) is 36.3 Å². The molecule has 146 valence electrons. The zero-order chi connectivity index (χ0) is 19.4. The Balaban J connectivity index is 1.52. The van der Waals surface area contributed by atoms with Gasteiger partial charge in [-0.15, -0.1) is 0 Å². The summed E-state index contributed by atoms with van der Waals surface area (Å²) in [5.41, 5.74) is -0.0184. The quantitative estimate of drug-likeness (QED) is 0.866. The average molecular weight is 380 g/mol. The lowest BCUT2D eigenvalue weighted by Crippen LogP contribution is -2.39. The van der Waals surface area contributed by atoms with Crippen molar-refractivity contribution < 1.29 is 18.0 Å². The van der Waals surface area contributed by atoms with E-state index in [4.69, 9.17) is 0 Å². The molecule has 1 aliphatic rings. The molecule has 8 heteroatoms. The van der Waals surface area contributed by atoms with Crippen molar-refractivity contribution in [2.24, 2.45) is 5.92 Å². The molecule has 0 unspecified atom stereocenters. The number of alkyl halides is 3. The van der Waals surface area contributed by atoms with E-state index < -0.39 is 11.9 Å². The first kappa shape index (κ1) is 19.4. The van der Waals surface area contributed by atoms with Gasteiger partial charge in [-0.25, -0.2) is 4.68 Å². The standard InChI is InChI=1S/C19H23F3N4O/c1-14-6-10-25(11-7-14)13-9-23-18(27)15-2-4-16(5-3-15)26-12-8-17(24-26)19(20,21)22/h2-5,8,12,14H,6-7,9-11,13H2,1H3,(H,23,27). The smallest absolute Gasteiger partial charge is 0.351 e. The van der Waals surface area contributed by atoms with E-state index in [1.165, 1.54) is 19.0 Å². The van der Waals surface area contributed by atoms with Crippen LogP contribution in [0.15, 0.2) is 36.5 Å². The van der Waals surface area contributed by atoms with Gasteiger partial charge >= 0.3 is 6.18 Å². The van der Waals surface area contributed by atoms with Crippen molar-refractivity contribution in [2.75, 3.05) is 26.2 Å². The van der Waals surface area contributed by atoms with Crippen molar-refractivity contribution in [3.05, 3.63) is 47.8 Å². The van der Waals surface area contributed by atoms with Crippen LogP contribution >= 0.6 is 0 Å². The molecule has 3 rings (SSSR count). The molecule has 27 heavy (non-hydrogen) atoms. The van der Waals surface area contributed by atoms with E-state index in [9.17, 15) is 18.0 Å². The third-order valence-electron chi connectivity index (χ3n) is 4.86. The van der Waals surface area contributed by atoms with Gasteiger partial charge in [0.1, 0.15) is 0 Å². The summed E-state index contributed by atoms with van der Waals surface area (Å²) in [5.74, 6) is 0.583. The number of aromatic nitrogens is 2. The molecule has 2 aromatic rings. The number of nitrogens with zero attached hydrogens (tertiary/aromatic N) is 3. The molecule has 1 aromatic carbocycles. The Hall–Kier alpha value is -2.35. The van der Waals surface area contributed by atoms with Crippen LogP contribution in [0.2, 0.25) is 0 Å². The van der Waals surface area contributed by atoms with Crippen LogP contribution in [0.1, 0.15) is 35.8 Å². The number of carbonyl (C=O) groups is 1. The Labute approximate surface area is 156 Å². The SMILES string of the molecule is CC1CCN(CCNC(=O)c2ccc(-n3ccc(C(F)(F)F)n3)cc2)CC1. The average Bonchev–Trinajstić information content (AvgIpc) is 3.14. The number of rotatable bonds is 5. The van der Waals surface area contributed by atoms with Gasteiger partial charge < -0.3 is 10.2 Å². The van der Waals surface area contributed by atoms with Crippen molar-refractivity contribution in [1.82, 2.24) is 20.0 Å². The number of halogens is 3. The van der Waals surface area contributed by atoms with Gasteiger partial charge in [-0.1, -0.05) is 6.92 Å². The molecule has 5 nitrogen and oxygen atoms in total. The summed E-state index contributed by atoms with van der Waals surface area (Å²) in [6, 6.07) is 7.24. The van der Waals surface area contributed by atoms with Crippen LogP contribution in [-0.4, -0.2) is 46.8 Å². The molecule has 0 spiro atoms. The lowest BCUT2D eigenvalue weighted by Gasteiger charge is -2.30. The molecule has 1 saturated heterocycles. The van der Waals surface area contributed by atoms with Crippen molar-refractivity contribution in [3.8, 4) is 5.69 Å². The minimum Gasteiger partial charge on any atom is -0.351 e. The molecular formula is C19H23F3N4O. The van der Waals surface area contributed by atoms with Crippen molar-refractivity contribution in [2.45, 2.75) is 25.9 Å². The van der Waals surface area contributed by atoms with Crippen LogP contribution in [-0.2, 0) is 6.18 Å². The molecule has 1 aliphatic heterocycles. The zero-order valence-electron chi connectivity index (χ0n) is 15.2. The summed E-state index contributed by atoms with van der Waals surface area (Å²) >= 11 is 0. The maximum absolute atomic E-state index is 12.6. The molecule has 1 amide bonds. The van der Waals surface area contributed by atoms with Gasteiger partial charge in [-0.05, 0) is 62.2 Å². The maximum Gasteiger partial charge on any atom is 0.435 e. The van der Waals surface area contributed by atoms with Crippen LogP contribution in [0.25, 0.3) is 5.69 Å². The third-order valence-corrected chi connectivity index (χ3v) is 4.86. The number of hydrogen-bond donors (Lipinski definition) is 1. The van der Waals surface area contributed by atoms with Crippen molar-refractivity contribution in [1.29, 1.82) is 0 Å². The number of nitrogens with one attached hydrogen (secondary N) is 1. The molecular weight excluding hydrogens is 357 g/mol. The molecule has 0 atom stereocenters. The highest BCUT2D eigenvalue weighted by atomic mass is 19.4. The minimum atomic E-state index is -4.47. The maximum atomic E-state index is 12.6. The molecule has 2 heterocycles. The fourth-order valence-corrected chi connectivity index (χ4v) is 3.10. The normalized spacial score (nSPS) is 16.4. The predicted molar refractivity (Wildman–Crippen MR) is 95.7 cm³/mol. The van der Waals surface area contributed by atoms with Gasteiger partial charge in [-0.3, -0.25) is 4.79 Å². The second-order valence-electron chi connectivity index (χ2n) is 6.97. The molecule has 1 N–H and O–H groups in total. The summed E-state index contributed by atoms with van der Waals surface area (Å²) in [6.45, 7) is 5.79. The predicted octanol–water partition coefficient (Wildman–Crippen LogP) is 3.35. The van der Waals surface area contributed by atoms with E-state index in [1.54, 1.807) is 24.3 Å². The van der Waals surface area contributed by atoms with E-state index in [2.05, 4.69) is 22.2 Å². The number of benzene rings is 1. The largest absolute Gasteiger partial charge is 0.435 e. The summed E-state index contributed by atoms with van der Waals surface area (Å²) in [6.07, 6.45) is -0.841. The van der Waals surface area contributed by atoms with Crippen LogP contribution in [0.4, 0.5) is 13.2 Å². The van der Waals surface area contributed by atoms with Crippen LogP contribution in [0.5, 0.6) is 0 Å². The highest BCUT2D eigenvalue weighted by Crippen LogP contribution is 2.27. The first-order valence-electron chi connectivity index (χ1n) is 9.07.